The molecule has 1 aliphatic rings. The van der Waals surface area contributed by atoms with E-state index >= 15 is 0 Å². The minimum atomic E-state index is 0.187. The predicted octanol–water partition coefficient (Wildman–Crippen LogP) is 5.30. The van der Waals surface area contributed by atoms with Crippen LogP contribution in [-0.2, 0) is 11.4 Å². The van der Waals surface area contributed by atoms with E-state index in [1.807, 2.05) is 31.2 Å². The lowest BCUT2D eigenvalue weighted by molar-refractivity contribution is -0.121. The van der Waals surface area contributed by atoms with Crippen molar-refractivity contribution in [3.05, 3.63) is 72.3 Å². The zero-order chi connectivity index (χ0) is 20.8. The Balaban J connectivity index is 1.36. The van der Waals surface area contributed by atoms with Gasteiger partial charge in [-0.05, 0) is 59.9 Å². The normalized spacial score (nSPS) is 14.6. The third-order valence-corrected chi connectivity index (χ3v) is 5.75. The summed E-state index contributed by atoms with van der Waals surface area (Å²) in [6.07, 6.45) is 3.53. The summed E-state index contributed by atoms with van der Waals surface area (Å²) >= 11 is 0. The van der Waals surface area contributed by atoms with Gasteiger partial charge in [-0.3, -0.25) is 4.79 Å². The number of anilines is 1. The van der Waals surface area contributed by atoms with Gasteiger partial charge in [0.1, 0.15) is 12.4 Å². The molecule has 4 rings (SSSR count). The van der Waals surface area contributed by atoms with E-state index in [0.717, 1.165) is 38.1 Å². The monoisotopic (exact) mass is 402 g/mol. The van der Waals surface area contributed by atoms with E-state index in [9.17, 15) is 4.79 Å². The van der Waals surface area contributed by atoms with E-state index in [0.29, 0.717) is 19.1 Å². The number of carbonyl (C=O) groups is 1. The first-order valence-electron chi connectivity index (χ1n) is 11.0. The van der Waals surface area contributed by atoms with Gasteiger partial charge in [-0.15, -0.1) is 0 Å². The Hall–Kier alpha value is -3.01. The van der Waals surface area contributed by atoms with Crippen LogP contribution in [0.2, 0.25) is 0 Å². The Labute approximate surface area is 178 Å². The van der Waals surface area contributed by atoms with Gasteiger partial charge in [-0.25, -0.2) is 0 Å². The van der Waals surface area contributed by atoms with Gasteiger partial charge in [-0.2, -0.15) is 0 Å². The third kappa shape index (κ3) is 5.12. The van der Waals surface area contributed by atoms with E-state index in [-0.39, 0.29) is 5.91 Å². The number of nitrogens with zero attached hydrogens (tertiary/aromatic N) is 1. The highest BCUT2D eigenvalue weighted by Gasteiger charge is 2.20. The van der Waals surface area contributed by atoms with Crippen molar-refractivity contribution in [2.45, 2.75) is 45.3 Å². The molecule has 0 aromatic heterocycles. The summed E-state index contributed by atoms with van der Waals surface area (Å²) in [6.45, 7) is 4.57. The summed E-state index contributed by atoms with van der Waals surface area (Å²) in [5.74, 6) is 1.08. The predicted molar refractivity (Wildman–Crippen MR) is 123 cm³/mol. The summed E-state index contributed by atoms with van der Waals surface area (Å²) < 4.78 is 5.96. The van der Waals surface area contributed by atoms with Crippen LogP contribution in [0.4, 0.5) is 5.69 Å². The van der Waals surface area contributed by atoms with Crippen LogP contribution in [0, 0.1) is 0 Å². The summed E-state index contributed by atoms with van der Waals surface area (Å²) in [5.41, 5.74) is 2.42. The molecular weight excluding hydrogens is 372 g/mol. The highest BCUT2D eigenvalue weighted by Crippen LogP contribution is 2.28. The number of hydrogen-bond donors (Lipinski definition) is 1. The van der Waals surface area contributed by atoms with E-state index in [4.69, 9.17) is 4.74 Å². The Kier molecular flexibility index (Phi) is 6.53. The molecule has 1 saturated heterocycles. The van der Waals surface area contributed by atoms with Crippen molar-refractivity contribution in [3.63, 3.8) is 0 Å². The maximum atomic E-state index is 11.8. The second-order valence-electron chi connectivity index (χ2n) is 8.05. The Morgan fingerprint density at radius 3 is 2.50 bits per heavy atom. The van der Waals surface area contributed by atoms with Gasteiger partial charge in [0.25, 0.3) is 0 Å². The molecule has 1 aliphatic heterocycles. The fourth-order valence-corrected chi connectivity index (χ4v) is 4.05. The molecular formula is C26H30N2O2. The molecule has 0 bridgehead atoms. The van der Waals surface area contributed by atoms with Crippen molar-refractivity contribution >= 4 is 22.4 Å². The Morgan fingerprint density at radius 1 is 1.00 bits per heavy atom. The van der Waals surface area contributed by atoms with E-state index < -0.39 is 0 Å². The first-order chi connectivity index (χ1) is 14.7. The number of ether oxygens (including phenoxy) is 1. The zero-order valence-corrected chi connectivity index (χ0v) is 17.6. The fourth-order valence-electron chi connectivity index (χ4n) is 4.05. The van der Waals surface area contributed by atoms with Crippen LogP contribution in [0.15, 0.2) is 66.7 Å². The number of hydrogen-bond acceptors (Lipinski definition) is 3. The van der Waals surface area contributed by atoms with Gasteiger partial charge in [0.2, 0.25) is 5.91 Å². The van der Waals surface area contributed by atoms with Crippen molar-refractivity contribution in [1.29, 1.82) is 0 Å². The highest BCUT2D eigenvalue weighted by molar-refractivity contribution is 5.87. The molecule has 0 aliphatic carbocycles. The maximum absolute atomic E-state index is 11.8. The highest BCUT2D eigenvalue weighted by atomic mass is 16.5. The molecule has 0 spiro atoms. The van der Waals surface area contributed by atoms with E-state index in [2.05, 4.69) is 52.7 Å². The number of amides is 1. The lowest BCUT2D eigenvalue weighted by Crippen LogP contribution is -2.44. The summed E-state index contributed by atoms with van der Waals surface area (Å²) in [4.78, 5) is 14.2. The molecule has 3 aromatic carbocycles. The Bertz CT molecular complexity index is 979. The number of piperidine rings is 1. The van der Waals surface area contributed by atoms with E-state index in [1.54, 1.807) is 0 Å². The number of carbonyl (C=O) groups excluding carboxylic acids is 1. The van der Waals surface area contributed by atoms with Gasteiger partial charge in [0.15, 0.2) is 0 Å². The first kappa shape index (κ1) is 20.3. The number of nitrogens with one attached hydrogen (secondary N) is 1. The minimum absolute atomic E-state index is 0.187. The molecule has 3 aromatic rings. The standard InChI is InChI=1S/C26H30N2O2/c1-2-6-26(29)27-23-13-15-28(16-14-23)24-11-9-22-18-25(12-10-21(22)17-24)30-19-20-7-4-3-5-8-20/h3-5,7-12,17-18,23H,2,6,13-16,19H2,1H3,(H,27,29). The molecule has 1 fully saturated rings. The minimum Gasteiger partial charge on any atom is -0.489 e. The average Bonchev–Trinajstić information content (AvgIpc) is 2.78. The van der Waals surface area contributed by atoms with Crippen molar-refractivity contribution in [3.8, 4) is 5.75 Å². The largest absolute Gasteiger partial charge is 0.489 e. The topological polar surface area (TPSA) is 41.6 Å². The molecule has 1 amide bonds. The number of fused-ring (bicyclic) bond motifs is 1. The zero-order valence-electron chi connectivity index (χ0n) is 17.6. The van der Waals surface area contributed by atoms with Crippen LogP contribution in [-0.4, -0.2) is 25.0 Å². The smallest absolute Gasteiger partial charge is 0.220 e. The summed E-state index contributed by atoms with van der Waals surface area (Å²) in [7, 11) is 0. The van der Waals surface area contributed by atoms with Crippen LogP contribution in [0.1, 0.15) is 38.2 Å². The number of benzene rings is 3. The van der Waals surface area contributed by atoms with Crippen LogP contribution in [0.5, 0.6) is 5.75 Å². The van der Waals surface area contributed by atoms with Gasteiger partial charge < -0.3 is 15.0 Å². The van der Waals surface area contributed by atoms with Crippen LogP contribution < -0.4 is 15.0 Å². The second-order valence-corrected chi connectivity index (χ2v) is 8.05. The molecule has 156 valence electrons. The molecule has 1 N–H and O–H groups in total. The molecule has 30 heavy (non-hydrogen) atoms. The molecule has 4 nitrogen and oxygen atoms in total. The van der Waals surface area contributed by atoms with Crippen molar-refractivity contribution in [2.24, 2.45) is 0 Å². The molecule has 1 heterocycles. The SMILES string of the molecule is CCCC(=O)NC1CCN(c2ccc3cc(OCc4ccccc4)ccc3c2)CC1. The van der Waals surface area contributed by atoms with Crippen molar-refractivity contribution in [1.82, 2.24) is 5.32 Å². The van der Waals surface area contributed by atoms with Crippen LogP contribution >= 0.6 is 0 Å². The van der Waals surface area contributed by atoms with Crippen LogP contribution in [0.25, 0.3) is 10.8 Å². The fraction of sp³-hybridized carbons (Fsp3) is 0.346. The summed E-state index contributed by atoms with van der Waals surface area (Å²) in [5, 5.41) is 5.58. The quantitative estimate of drug-likeness (QED) is 0.583. The lowest BCUT2D eigenvalue weighted by Gasteiger charge is -2.34. The first-order valence-corrected chi connectivity index (χ1v) is 11.0. The number of rotatable bonds is 7. The molecule has 0 saturated carbocycles. The third-order valence-electron chi connectivity index (χ3n) is 5.75. The molecule has 0 radical (unpaired) electrons. The van der Waals surface area contributed by atoms with Gasteiger partial charge in [-0.1, -0.05) is 49.4 Å². The average molecular weight is 403 g/mol. The van der Waals surface area contributed by atoms with Gasteiger partial charge in [0.05, 0.1) is 0 Å². The van der Waals surface area contributed by atoms with Crippen LogP contribution in [0.3, 0.4) is 0 Å². The second kappa shape index (κ2) is 9.66. The summed E-state index contributed by atoms with van der Waals surface area (Å²) in [6, 6.07) is 23.5. The van der Waals surface area contributed by atoms with Gasteiger partial charge in [0, 0.05) is 31.2 Å². The lowest BCUT2D eigenvalue weighted by atomic mass is 10.0. The molecule has 4 heteroatoms. The Morgan fingerprint density at radius 2 is 1.73 bits per heavy atom. The molecule has 0 unspecified atom stereocenters. The van der Waals surface area contributed by atoms with Gasteiger partial charge >= 0.3 is 0 Å². The van der Waals surface area contributed by atoms with Crippen molar-refractivity contribution in [2.75, 3.05) is 18.0 Å². The van der Waals surface area contributed by atoms with E-state index in [1.165, 1.54) is 22.0 Å². The maximum Gasteiger partial charge on any atom is 0.220 e. The van der Waals surface area contributed by atoms with Crippen molar-refractivity contribution < 1.29 is 9.53 Å². The molecule has 0 atom stereocenters.